The summed E-state index contributed by atoms with van der Waals surface area (Å²) < 4.78 is 7.86. The van der Waals surface area contributed by atoms with Crippen LogP contribution in [0.5, 0.6) is 0 Å². The average molecular weight is 177 g/mol. The molecular weight excluding hydrogens is 160 g/mol. The summed E-state index contributed by atoms with van der Waals surface area (Å²) in [6.07, 6.45) is 0. The summed E-state index contributed by atoms with van der Waals surface area (Å²) in [6, 6.07) is 10.6. The lowest BCUT2D eigenvalue weighted by Crippen LogP contribution is -2.15. The number of hydrogen-bond donors (Lipinski definition) is 0. The number of benzene rings is 1. The Bertz CT molecular complexity index is 296. The zero-order valence-electron chi connectivity index (χ0n) is 8.96. The van der Waals surface area contributed by atoms with Crippen molar-refractivity contribution in [2.45, 2.75) is 19.6 Å². The smallest absolute Gasteiger partial charge is 0.0687 e. The van der Waals surface area contributed by atoms with Gasteiger partial charge in [0, 0.05) is 0 Å². The molecule has 0 unspecified atom stereocenters. The Labute approximate surface area is 77.4 Å². The van der Waals surface area contributed by atoms with Gasteiger partial charge in [-0.05, 0) is 5.56 Å². The Kier molecular flexibility index (Phi) is 2.42. The Morgan fingerprint density at radius 2 is 1.75 bits per heavy atom. The van der Waals surface area contributed by atoms with E-state index in [4.69, 9.17) is 1.37 Å². The molecule has 0 aliphatic rings. The highest BCUT2D eigenvalue weighted by atomic mass is 28.3. The highest BCUT2D eigenvalue weighted by Gasteiger charge is 2.06. The lowest BCUT2D eigenvalue weighted by Gasteiger charge is -2.07. The molecule has 0 N–H and O–H groups in total. The molecule has 0 fully saturated rings. The molecule has 0 saturated carbocycles. The maximum atomic E-state index is 7.86. The Morgan fingerprint density at radius 1 is 1.17 bits per heavy atom. The first-order valence-corrected chi connectivity index (χ1v) is 7.82. The van der Waals surface area contributed by atoms with Crippen LogP contribution in [-0.2, 0) is 0 Å². The minimum atomic E-state index is -1.25. The summed E-state index contributed by atoms with van der Waals surface area (Å²) in [5, 5.41) is 0. The Morgan fingerprint density at radius 3 is 2.25 bits per heavy atom. The third-order valence-corrected chi connectivity index (χ3v) is 2.46. The fraction of sp³-hybridized carbons (Fsp3) is 0.273. The second-order valence-corrected chi connectivity index (χ2v) is 9.04. The molecule has 0 nitrogen and oxygen atoms in total. The molecule has 1 rings (SSSR count). The van der Waals surface area contributed by atoms with Crippen molar-refractivity contribution < 1.29 is 1.37 Å². The zero-order valence-corrected chi connectivity index (χ0v) is 8.96. The van der Waals surface area contributed by atoms with Crippen LogP contribution in [0.15, 0.2) is 36.0 Å². The van der Waals surface area contributed by atoms with Gasteiger partial charge in [-0.2, -0.15) is 0 Å². The molecule has 0 aliphatic carbocycles. The Balaban J connectivity index is 2.92. The van der Waals surface area contributed by atoms with Crippen molar-refractivity contribution >= 4 is 14.1 Å². The minimum absolute atomic E-state index is 0.666. The second-order valence-electron chi connectivity index (χ2n) is 4.02. The second kappa shape index (κ2) is 3.72. The molecule has 0 spiro atoms. The molecule has 0 radical (unpaired) electrons. The van der Waals surface area contributed by atoms with E-state index in [1.165, 1.54) is 0 Å². The van der Waals surface area contributed by atoms with Gasteiger partial charge >= 0.3 is 0 Å². The van der Waals surface area contributed by atoms with Gasteiger partial charge in [-0.25, -0.2) is 0 Å². The molecule has 0 amide bonds. The van der Waals surface area contributed by atoms with Gasteiger partial charge in [0.25, 0.3) is 0 Å². The van der Waals surface area contributed by atoms with E-state index in [-0.39, 0.29) is 0 Å². The van der Waals surface area contributed by atoms with Crippen LogP contribution in [0.1, 0.15) is 6.93 Å². The normalized spacial score (nSPS) is 14.2. The van der Waals surface area contributed by atoms with Gasteiger partial charge < -0.3 is 0 Å². The number of rotatable bonds is 2. The lowest BCUT2D eigenvalue weighted by molar-refractivity contribution is 1.66. The van der Waals surface area contributed by atoms with E-state index in [1.807, 2.05) is 30.3 Å². The van der Waals surface area contributed by atoms with Crippen LogP contribution in [0.3, 0.4) is 0 Å². The topological polar surface area (TPSA) is 0 Å². The molecule has 12 heavy (non-hydrogen) atoms. The van der Waals surface area contributed by atoms with Gasteiger partial charge in [-0.15, -0.1) is 0 Å². The minimum Gasteiger partial charge on any atom is -0.0944 e. The van der Waals surface area contributed by atoms with E-state index in [0.717, 1.165) is 5.56 Å². The molecule has 1 aromatic rings. The van der Waals surface area contributed by atoms with Crippen LogP contribution < -0.4 is 0 Å². The standard InChI is InChI=1S/C11H16Si/c1-12(2,3)10-9-11-7-5-4-6-8-11/h4-10H,1-3H3/b10-9+/i9D. The van der Waals surface area contributed by atoms with Crippen molar-refractivity contribution in [2.24, 2.45) is 0 Å². The quantitative estimate of drug-likeness (QED) is 0.606. The maximum Gasteiger partial charge on any atom is 0.0687 e. The van der Waals surface area contributed by atoms with Crippen molar-refractivity contribution in [2.75, 3.05) is 0 Å². The van der Waals surface area contributed by atoms with Crippen molar-refractivity contribution in [3.63, 3.8) is 0 Å². The van der Waals surface area contributed by atoms with Crippen molar-refractivity contribution in [1.29, 1.82) is 0 Å². The lowest BCUT2D eigenvalue weighted by atomic mass is 10.2. The molecular formula is C11H16Si. The SMILES string of the molecule is [2H]/C(=C\[Si](C)(C)C)c1ccccc1. The molecule has 0 heterocycles. The average Bonchev–Trinajstić information content (AvgIpc) is 2.03. The molecule has 0 atom stereocenters. The first-order chi connectivity index (χ1) is 5.99. The predicted octanol–water partition coefficient (Wildman–Crippen LogP) is 3.58. The van der Waals surface area contributed by atoms with Crippen LogP contribution >= 0.6 is 0 Å². The zero-order chi connectivity index (χ0) is 9.90. The molecule has 0 saturated heterocycles. The monoisotopic (exact) mass is 177 g/mol. The van der Waals surface area contributed by atoms with E-state index >= 15 is 0 Å². The highest BCUT2D eigenvalue weighted by Crippen LogP contribution is 2.07. The fourth-order valence-corrected chi connectivity index (χ4v) is 1.43. The van der Waals surface area contributed by atoms with E-state index in [0.29, 0.717) is 6.05 Å². The van der Waals surface area contributed by atoms with Crippen LogP contribution in [0.25, 0.3) is 6.05 Å². The largest absolute Gasteiger partial charge is 0.0944 e. The summed E-state index contributed by atoms with van der Waals surface area (Å²) in [4.78, 5) is 0. The third-order valence-electron chi connectivity index (χ3n) is 1.45. The van der Waals surface area contributed by atoms with Crippen LogP contribution in [0.4, 0.5) is 0 Å². The Hall–Kier alpha value is -0.823. The van der Waals surface area contributed by atoms with E-state index in [2.05, 4.69) is 25.3 Å². The summed E-state index contributed by atoms with van der Waals surface area (Å²) in [5.74, 6) is 0. The molecule has 1 heteroatoms. The molecule has 1 aromatic carbocycles. The summed E-state index contributed by atoms with van der Waals surface area (Å²) in [6.45, 7) is 6.72. The van der Waals surface area contributed by atoms with Gasteiger partial charge in [0.15, 0.2) is 0 Å². The highest BCUT2D eigenvalue weighted by molar-refractivity contribution is 6.81. The molecule has 0 bridgehead atoms. The first kappa shape index (κ1) is 7.81. The summed E-state index contributed by atoms with van der Waals surface area (Å²) in [5.41, 5.74) is 3.13. The first-order valence-electron chi connectivity index (χ1n) is 4.74. The van der Waals surface area contributed by atoms with E-state index in [1.54, 1.807) is 0 Å². The van der Waals surface area contributed by atoms with Gasteiger partial charge in [0.1, 0.15) is 0 Å². The molecule has 0 aliphatic heterocycles. The predicted molar refractivity (Wildman–Crippen MR) is 58.8 cm³/mol. The third kappa shape index (κ3) is 3.53. The van der Waals surface area contributed by atoms with Crippen LogP contribution in [0, 0.1) is 0 Å². The molecule has 0 aromatic heterocycles. The van der Waals surface area contributed by atoms with E-state index in [9.17, 15) is 0 Å². The molecule has 64 valence electrons. The summed E-state index contributed by atoms with van der Waals surface area (Å²) in [7, 11) is -1.25. The maximum absolute atomic E-state index is 7.86. The van der Waals surface area contributed by atoms with Gasteiger partial charge in [0.05, 0.1) is 9.44 Å². The van der Waals surface area contributed by atoms with Gasteiger partial charge in [-0.1, -0.05) is 61.7 Å². The van der Waals surface area contributed by atoms with Crippen molar-refractivity contribution in [1.82, 2.24) is 0 Å². The fourth-order valence-electron chi connectivity index (χ4n) is 0.834. The van der Waals surface area contributed by atoms with Crippen molar-refractivity contribution in [3.8, 4) is 0 Å². The van der Waals surface area contributed by atoms with Crippen LogP contribution in [-0.4, -0.2) is 8.07 Å². The van der Waals surface area contributed by atoms with Crippen molar-refractivity contribution in [3.05, 3.63) is 41.6 Å². The number of hydrogen-bond acceptors (Lipinski definition) is 0. The van der Waals surface area contributed by atoms with Gasteiger partial charge in [0.2, 0.25) is 0 Å². The van der Waals surface area contributed by atoms with Crippen LogP contribution in [0.2, 0.25) is 19.6 Å². The summed E-state index contributed by atoms with van der Waals surface area (Å²) >= 11 is 0. The van der Waals surface area contributed by atoms with Gasteiger partial charge in [-0.3, -0.25) is 0 Å². The van der Waals surface area contributed by atoms with E-state index < -0.39 is 8.07 Å².